The van der Waals surface area contributed by atoms with E-state index < -0.39 is 0 Å². The van der Waals surface area contributed by atoms with Crippen LogP contribution >= 0.6 is 0 Å². The van der Waals surface area contributed by atoms with Gasteiger partial charge in [-0.2, -0.15) is 5.10 Å². The third-order valence-corrected chi connectivity index (χ3v) is 3.55. The molecule has 116 valence electrons. The standard InChI is InChI=1S/C17H16N4O2/c1-20-12-15(11-19-20)14-6-4-5-13(9-14)10-18-16-7-2-3-8-17(16)21(22)23/h2-9,11-12,18H,10H2,1H3. The average Bonchev–Trinajstić information content (AvgIpc) is 3.00. The monoisotopic (exact) mass is 308 g/mol. The topological polar surface area (TPSA) is 73.0 Å². The van der Waals surface area contributed by atoms with Crippen LogP contribution in [-0.2, 0) is 13.6 Å². The molecule has 6 heteroatoms. The zero-order valence-corrected chi connectivity index (χ0v) is 12.6. The number of nitrogens with one attached hydrogen (secondary N) is 1. The van der Waals surface area contributed by atoms with E-state index in [0.29, 0.717) is 12.2 Å². The summed E-state index contributed by atoms with van der Waals surface area (Å²) in [4.78, 5) is 10.7. The molecule has 0 bridgehead atoms. The lowest BCUT2D eigenvalue weighted by Crippen LogP contribution is -2.02. The fraction of sp³-hybridized carbons (Fsp3) is 0.118. The summed E-state index contributed by atoms with van der Waals surface area (Å²) < 4.78 is 1.76. The number of aryl methyl sites for hydroxylation is 1. The number of hydrogen-bond acceptors (Lipinski definition) is 4. The normalized spacial score (nSPS) is 10.5. The number of hydrogen-bond donors (Lipinski definition) is 1. The lowest BCUT2D eigenvalue weighted by molar-refractivity contribution is -0.384. The number of benzene rings is 2. The third-order valence-electron chi connectivity index (χ3n) is 3.55. The van der Waals surface area contributed by atoms with Gasteiger partial charge in [0.15, 0.2) is 0 Å². The Labute approximate surface area is 133 Å². The molecule has 1 aromatic heterocycles. The molecule has 1 N–H and O–H groups in total. The molecule has 1 heterocycles. The van der Waals surface area contributed by atoms with E-state index in [0.717, 1.165) is 16.7 Å². The second-order valence-corrected chi connectivity index (χ2v) is 5.23. The Morgan fingerprint density at radius 1 is 1.17 bits per heavy atom. The van der Waals surface area contributed by atoms with E-state index in [9.17, 15) is 10.1 Å². The summed E-state index contributed by atoms with van der Waals surface area (Å²) in [6, 6.07) is 14.7. The van der Waals surface area contributed by atoms with E-state index in [2.05, 4.69) is 16.5 Å². The van der Waals surface area contributed by atoms with Gasteiger partial charge >= 0.3 is 0 Å². The molecule has 0 spiro atoms. The van der Waals surface area contributed by atoms with Crippen molar-refractivity contribution in [1.82, 2.24) is 9.78 Å². The predicted octanol–water partition coefficient (Wildman–Crippen LogP) is 3.61. The van der Waals surface area contributed by atoms with Crippen LogP contribution in [0.15, 0.2) is 60.9 Å². The van der Waals surface area contributed by atoms with Gasteiger partial charge in [-0.25, -0.2) is 0 Å². The van der Waals surface area contributed by atoms with E-state index >= 15 is 0 Å². The van der Waals surface area contributed by atoms with Gasteiger partial charge in [0.25, 0.3) is 5.69 Å². The van der Waals surface area contributed by atoms with Crippen LogP contribution in [-0.4, -0.2) is 14.7 Å². The van der Waals surface area contributed by atoms with Crippen molar-refractivity contribution in [2.75, 3.05) is 5.32 Å². The number of nitro groups is 1. The zero-order chi connectivity index (χ0) is 16.2. The highest BCUT2D eigenvalue weighted by molar-refractivity contribution is 5.64. The van der Waals surface area contributed by atoms with Gasteiger partial charge in [0, 0.05) is 31.4 Å². The number of aromatic nitrogens is 2. The molecule has 0 unspecified atom stereocenters. The molecule has 0 radical (unpaired) electrons. The molecule has 23 heavy (non-hydrogen) atoms. The minimum absolute atomic E-state index is 0.0795. The molecule has 3 aromatic rings. The predicted molar refractivity (Wildman–Crippen MR) is 89.1 cm³/mol. The molecular formula is C17H16N4O2. The quantitative estimate of drug-likeness (QED) is 0.577. The molecule has 0 aliphatic heterocycles. The van der Waals surface area contributed by atoms with Gasteiger partial charge in [-0.05, 0) is 23.3 Å². The molecule has 0 aliphatic carbocycles. The summed E-state index contributed by atoms with van der Waals surface area (Å²) in [6.07, 6.45) is 3.77. The second-order valence-electron chi connectivity index (χ2n) is 5.23. The van der Waals surface area contributed by atoms with Gasteiger partial charge in [0.1, 0.15) is 5.69 Å². The van der Waals surface area contributed by atoms with Crippen LogP contribution in [0.5, 0.6) is 0 Å². The fourth-order valence-electron chi connectivity index (χ4n) is 2.41. The second kappa shape index (κ2) is 6.31. The highest BCUT2D eigenvalue weighted by atomic mass is 16.6. The van der Waals surface area contributed by atoms with Gasteiger partial charge in [-0.15, -0.1) is 0 Å². The molecule has 0 atom stereocenters. The molecule has 0 saturated heterocycles. The van der Waals surface area contributed by atoms with Gasteiger partial charge < -0.3 is 5.32 Å². The first kappa shape index (κ1) is 14.8. The molecule has 0 aliphatic rings. The number of anilines is 1. The first-order valence-corrected chi connectivity index (χ1v) is 7.19. The highest BCUT2D eigenvalue weighted by Crippen LogP contribution is 2.25. The van der Waals surface area contributed by atoms with Crippen LogP contribution in [0.3, 0.4) is 0 Å². The summed E-state index contributed by atoms with van der Waals surface area (Å²) in [6.45, 7) is 0.513. The third kappa shape index (κ3) is 3.37. The van der Waals surface area contributed by atoms with Gasteiger partial charge in [-0.1, -0.05) is 30.3 Å². The molecular weight excluding hydrogens is 292 g/mol. The molecule has 0 amide bonds. The Kier molecular flexibility index (Phi) is 4.05. The summed E-state index contributed by atoms with van der Waals surface area (Å²) >= 11 is 0. The maximum absolute atomic E-state index is 11.0. The largest absolute Gasteiger partial charge is 0.375 e. The maximum atomic E-state index is 11.0. The van der Waals surface area contributed by atoms with Crippen LogP contribution in [0, 0.1) is 10.1 Å². The van der Waals surface area contributed by atoms with Crippen LogP contribution in [0.25, 0.3) is 11.1 Å². The van der Waals surface area contributed by atoms with Crippen LogP contribution in [0.1, 0.15) is 5.56 Å². The van der Waals surface area contributed by atoms with Crippen molar-refractivity contribution in [3.05, 3.63) is 76.6 Å². The van der Waals surface area contributed by atoms with Crippen molar-refractivity contribution in [2.45, 2.75) is 6.54 Å². The Bertz CT molecular complexity index is 842. The first-order valence-electron chi connectivity index (χ1n) is 7.19. The lowest BCUT2D eigenvalue weighted by Gasteiger charge is -2.08. The fourth-order valence-corrected chi connectivity index (χ4v) is 2.41. The smallest absolute Gasteiger partial charge is 0.292 e. The minimum atomic E-state index is -0.381. The lowest BCUT2D eigenvalue weighted by atomic mass is 10.1. The Hall–Kier alpha value is -3.15. The van der Waals surface area contributed by atoms with Crippen LogP contribution < -0.4 is 5.32 Å². The number of nitro benzene ring substituents is 1. The highest BCUT2D eigenvalue weighted by Gasteiger charge is 2.11. The van der Waals surface area contributed by atoms with E-state index in [1.54, 1.807) is 22.9 Å². The summed E-state index contributed by atoms with van der Waals surface area (Å²) in [5.74, 6) is 0. The summed E-state index contributed by atoms with van der Waals surface area (Å²) in [5, 5.41) is 18.3. The minimum Gasteiger partial charge on any atom is -0.375 e. The first-order chi connectivity index (χ1) is 11.1. The van der Waals surface area contributed by atoms with E-state index in [1.807, 2.05) is 37.6 Å². The summed E-state index contributed by atoms with van der Waals surface area (Å²) in [7, 11) is 1.88. The van der Waals surface area contributed by atoms with E-state index in [4.69, 9.17) is 0 Å². The average molecular weight is 308 g/mol. The SMILES string of the molecule is Cn1cc(-c2cccc(CNc3ccccc3[N+](=O)[O-])c2)cn1. The molecule has 0 fully saturated rings. The van der Waals surface area contributed by atoms with Crippen molar-refractivity contribution in [3.8, 4) is 11.1 Å². The number of rotatable bonds is 5. The molecule has 2 aromatic carbocycles. The Morgan fingerprint density at radius 3 is 2.74 bits per heavy atom. The van der Waals surface area contributed by atoms with Crippen molar-refractivity contribution >= 4 is 11.4 Å². The number of nitrogens with zero attached hydrogens (tertiary/aromatic N) is 3. The van der Waals surface area contributed by atoms with Gasteiger partial charge in [0.2, 0.25) is 0 Å². The summed E-state index contributed by atoms with van der Waals surface area (Å²) in [5.41, 5.74) is 3.75. The zero-order valence-electron chi connectivity index (χ0n) is 12.6. The van der Waals surface area contributed by atoms with E-state index in [-0.39, 0.29) is 10.6 Å². The Morgan fingerprint density at radius 2 is 2.00 bits per heavy atom. The van der Waals surface area contributed by atoms with Crippen molar-refractivity contribution in [1.29, 1.82) is 0 Å². The van der Waals surface area contributed by atoms with Crippen molar-refractivity contribution in [3.63, 3.8) is 0 Å². The Balaban J connectivity index is 1.78. The molecule has 3 rings (SSSR count). The molecule has 6 nitrogen and oxygen atoms in total. The van der Waals surface area contributed by atoms with E-state index in [1.165, 1.54) is 6.07 Å². The van der Waals surface area contributed by atoms with Crippen LogP contribution in [0.2, 0.25) is 0 Å². The van der Waals surface area contributed by atoms with Crippen molar-refractivity contribution < 1.29 is 4.92 Å². The van der Waals surface area contributed by atoms with Gasteiger partial charge in [0.05, 0.1) is 11.1 Å². The molecule has 0 saturated carbocycles. The maximum Gasteiger partial charge on any atom is 0.292 e. The van der Waals surface area contributed by atoms with Crippen molar-refractivity contribution in [2.24, 2.45) is 7.05 Å². The number of para-hydroxylation sites is 2. The van der Waals surface area contributed by atoms with Gasteiger partial charge in [-0.3, -0.25) is 14.8 Å². The van der Waals surface area contributed by atoms with Crippen LogP contribution in [0.4, 0.5) is 11.4 Å².